The van der Waals surface area contributed by atoms with Crippen LogP contribution < -0.4 is 5.32 Å². The Morgan fingerprint density at radius 2 is 2.12 bits per heavy atom. The molecule has 3 atom stereocenters. The Morgan fingerprint density at radius 3 is 2.56 bits per heavy atom. The molecule has 0 aromatic heterocycles. The van der Waals surface area contributed by atoms with Crippen LogP contribution in [0.2, 0.25) is 0 Å². The zero-order valence-electron chi connectivity index (χ0n) is 10.8. The van der Waals surface area contributed by atoms with Gasteiger partial charge in [0.2, 0.25) is 0 Å². The van der Waals surface area contributed by atoms with Gasteiger partial charge in [0.15, 0.2) is 0 Å². The summed E-state index contributed by atoms with van der Waals surface area (Å²) < 4.78 is 0. The summed E-state index contributed by atoms with van der Waals surface area (Å²) in [5.74, 6) is 0.631. The summed E-state index contributed by atoms with van der Waals surface area (Å²) in [5.41, 5.74) is -0.833. The van der Waals surface area contributed by atoms with Gasteiger partial charge < -0.3 is 15.3 Å². The molecule has 1 aliphatic rings. The first kappa shape index (κ1) is 13.5. The second-order valence-electron chi connectivity index (χ2n) is 5.37. The summed E-state index contributed by atoms with van der Waals surface area (Å²) in [5, 5.41) is 12.1. The highest BCUT2D eigenvalue weighted by atomic mass is 16.4. The molecule has 0 aromatic rings. The quantitative estimate of drug-likeness (QED) is 0.754. The SMILES string of the molecule is CNC(C)(CN1CCC(C)C(C)C1)C(=O)O. The summed E-state index contributed by atoms with van der Waals surface area (Å²) in [7, 11) is 1.71. The largest absolute Gasteiger partial charge is 0.480 e. The second-order valence-corrected chi connectivity index (χ2v) is 5.37. The number of carboxylic acids is 1. The van der Waals surface area contributed by atoms with Crippen LogP contribution in [0, 0.1) is 11.8 Å². The zero-order valence-corrected chi connectivity index (χ0v) is 10.8. The van der Waals surface area contributed by atoms with Crippen LogP contribution in [0.5, 0.6) is 0 Å². The Morgan fingerprint density at radius 1 is 1.50 bits per heavy atom. The third-order valence-electron chi connectivity index (χ3n) is 3.98. The van der Waals surface area contributed by atoms with Crippen LogP contribution in [0.25, 0.3) is 0 Å². The number of hydrogen-bond acceptors (Lipinski definition) is 3. The van der Waals surface area contributed by atoms with E-state index < -0.39 is 11.5 Å². The molecule has 3 unspecified atom stereocenters. The fraction of sp³-hybridized carbons (Fsp3) is 0.917. The van der Waals surface area contributed by atoms with Crippen LogP contribution in [0.3, 0.4) is 0 Å². The van der Waals surface area contributed by atoms with Crippen LogP contribution >= 0.6 is 0 Å². The molecule has 0 aromatic carbocycles. The van der Waals surface area contributed by atoms with Gasteiger partial charge in [-0.3, -0.25) is 4.79 Å². The first-order valence-corrected chi connectivity index (χ1v) is 6.03. The highest BCUT2D eigenvalue weighted by Gasteiger charge is 2.35. The number of rotatable bonds is 4. The molecular formula is C12H24N2O2. The lowest BCUT2D eigenvalue weighted by atomic mass is 9.87. The molecule has 0 spiro atoms. The molecule has 94 valence electrons. The molecule has 0 amide bonds. The first-order chi connectivity index (χ1) is 7.39. The molecule has 1 heterocycles. The van der Waals surface area contributed by atoms with Gasteiger partial charge >= 0.3 is 5.97 Å². The van der Waals surface area contributed by atoms with Gasteiger partial charge in [-0.1, -0.05) is 13.8 Å². The number of piperidine rings is 1. The smallest absolute Gasteiger partial charge is 0.324 e. The number of nitrogens with zero attached hydrogens (tertiary/aromatic N) is 1. The van der Waals surface area contributed by atoms with Gasteiger partial charge in [0, 0.05) is 13.1 Å². The van der Waals surface area contributed by atoms with E-state index in [2.05, 4.69) is 24.1 Å². The maximum absolute atomic E-state index is 11.2. The number of likely N-dealkylation sites (N-methyl/N-ethyl adjacent to an activating group) is 1. The van der Waals surface area contributed by atoms with Crippen LogP contribution in [0.4, 0.5) is 0 Å². The van der Waals surface area contributed by atoms with Crippen molar-refractivity contribution in [3.63, 3.8) is 0 Å². The van der Waals surface area contributed by atoms with E-state index in [9.17, 15) is 9.90 Å². The molecule has 0 bridgehead atoms. The van der Waals surface area contributed by atoms with Gasteiger partial charge in [0.05, 0.1) is 0 Å². The first-order valence-electron chi connectivity index (χ1n) is 6.03. The topological polar surface area (TPSA) is 52.6 Å². The van der Waals surface area contributed by atoms with Gasteiger partial charge in [-0.15, -0.1) is 0 Å². The molecule has 0 radical (unpaired) electrons. The van der Waals surface area contributed by atoms with E-state index in [1.54, 1.807) is 14.0 Å². The third-order valence-corrected chi connectivity index (χ3v) is 3.98. The summed E-state index contributed by atoms with van der Waals surface area (Å²) in [6.45, 7) is 8.86. The Kier molecular flexibility index (Phi) is 4.33. The molecular weight excluding hydrogens is 204 g/mol. The van der Waals surface area contributed by atoms with Crippen LogP contribution in [0.15, 0.2) is 0 Å². The van der Waals surface area contributed by atoms with Crippen molar-refractivity contribution in [2.24, 2.45) is 11.8 Å². The molecule has 16 heavy (non-hydrogen) atoms. The minimum atomic E-state index is -0.833. The molecule has 2 N–H and O–H groups in total. The number of carboxylic acid groups (broad SMARTS) is 1. The molecule has 0 saturated carbocycles. The fourth-order valence-corrected chi connectivity index (χ4v) is 2.19. The van der Waals surface area contributed by atoms with Crippen molar-refractivity contribution in [3.05, 3.63) is 0 Å². The van der Waals surface area contributed by atoms with Gasteiger partial charge in [0.25, 0.3) is 0 Å². The maximum Gasteiger partial charge on any atom is 0.324 e. The molecule has 1 fully saturated rings. The van der Waals surface area contributed by atoms with Gasteiger partial charge in [-0.05, 0) is 38.8 Å². The van der Waals surface area contributed by atoms with Crippen molar-refractivity contribution in [2.45, 2.75) is 32.7 Å². The highest BCUT2D eigenvalue weighted by Crippen LogP contribution is 2.23. The fourth-order valence-electron chi connectivity index (χ4n) is 2.19. The van der Waals surface area contributed by atoms with Crippen molar-refractivity contribution in [2.75, 3.05) is 26.7 Å². The molecule has 1 rings (SSSR count). The van der Waals surface area contributed by atoms with Crippen molar-refractivity contribution >= 4 is 5.97 Å². The molecule has 4 heteroatoms. The Bertz CT molecular complexity index is 257. The molecule has 0 aliphatic carbocycles. The molecule has 1 saturated heterocycles. The minimum absolute atomic E-state index is 0.579. The van der Waals surface area contributed by atoms with Crippen LogP contribution in [-0.4, -0.2) is 48.2 Å². The van der Waals surface area contributed by atoms with E-state index in [0.29, 0.717) is 12.5 Å². The third kappa shape index (κ3) is 2.95. The van der Waals surface area contributed by atoms with E-state index in [1.807, 2.05) is 0 Å². The van der Waals surface area contributed by atoms with E-state index in [4.69, 9.17) is 0 Å². The predicted octanol–water partition coefficient (Wildman–Crippen LogP) is 1.03. The van der Waals surface area contributed by atoms with E-state index in [0.717, 1.165) is 19.0 Å². The summed E-state index contributed by atoms with van der Waals surface area (Å²) in [6, 6.07) is 0. The minimum Gasteiger partial charge on any atom is -0.480 e. The number of aliphatic carboxylic acids is 1. The zero-order chi connectivity index (χ0) is 12.3. The van der Waals surface area contributed by atoms with Crippen molar-refractivity contribution in [1.82, 2.24) is 10.2 Å². The van der Waals surface area contributed by atoms with Crippen LogP contribution in [-0.2, 0) is 4.79 Å². The maximum atomic E-state index is 11.2. The summed E-state index contributed by atoms with van der Waals surface area (Å²) >= 11 is 0. The molecule has 1 aliphatic heterocycles. The number of carbonyl (C=O) groups is 1. The second kappa shape index (κ2) is 5.15. The average Bonchev–Trinajstić information content (AvgIpc) is 2.23. The standard InChI is InChI=1S/C12H24N2O2/c1-9-5-6-14(7-10(9)2)8-12(3,13-4)11(15)16/h9-10,13H,5-8H2,1-4H3,(H,15,16). The number of nitrogens with one attached hydrogen (secondary N) is 1. The lowest BCUT2D eigenvalue weighted by Crippen LogP contribution is -2.57. The van der Waals surface area contributed by atoms with Gasteiger partial charge in [-0.25, -0.2) is 0 Å². The highest BCUT2D eigenvalue weighted by molar-refractivity contribution is 5.78. The van der Waals surface area contributed by atoms with E-state index in [-0.39, 0.29) is 0 Å². The van der Waals surface area contributed by atoms with E-state index in [1.165, 1.54) is 6.42 Å². The van der Waals surface area contributed by atoms with Crippen molar-refractivity contribution in [1.29, 1.82) is 0 Å². The van der Waals surface area contributed by atoms with E-state index >= 15 is 0 Å². The van der Waals surface area contributed by atoms with Crippen LogP contribution in [0.1, 0.15) is 27.2 Å². The Balaban J connectivity index is 2.57. The Hall–Kier alpha value is -0.610. The predicted molar refractivity (Wildman–Crippen MR) is 64.5 cm³/mol. The molecule has 4 nitrogen and oxygen atoms in total. The lowest BCUT2D eigenvalue weighted by Gasteiger charge is -2.39. The Labute approximate surface area is 98.0 Å². The lowest BCUT2D eigenvalue weighted by molar-refractivity contribution is -0.145. The van der Waals surface area contributed by atoms with Crippen molar-refractivity contribution < 1.29 is 9.90 Å². The summed E-state index contributed by atoms with van der Waals surface area (Å²) in [6.07, 6.45) is 1.17. The number of likely N-dealkylation sites (tertiary alicyclic amines) is 1. The summed E-state index contributed by atoms with van der Waals surface area (Å²) in [4.78, 5) is 13.4. The normalized spacial score (nSPS) is 31.0. The van der Waals surface area contributed by atoms with Gasteiger partial charge in [0.1, 0.15) is 5.54 Å². The number of hydrogen-bond donors (Lipinski definition) is 2. The average molecular weight is 228 g/mol. The van der Waals surface area contributed by atoms with Gasteiger partial charge in [-0.2, -0.15) is 0 Å². The van der Waals surface area contributed by atoms with Crippen molar-refractivity contribution in [3.8, 4) is 0 Å². The monoisotopic (exact) mass is 228 g/mol.